The number of nitrogens with one attached hydrogen (secondary N) is 1. The molecule has 0 aliphatic rings. The van der Waals surface area contributed by atoms with Crippen LogP contribution in [0.25, 0.3) is 11.4 Å². The van der Waals surface area contributed by atoms with Crippen molar-refractivity contribution < 1.29 is 4.74 Å². The molecule has 1 atom stereocenters. The number of aryl methyl sites for hydroxylation is 1. The lowest BCUT2D eigenvalue weighted by Crippen LogP contribution is -2.13. The van der Waals surface area contributed by atoms with Crippen LogP contribution >= 0.6 is 0 Å². The van der Waals surface area contributed by atoms with Gasteiger partial charge in [-0.2, -0.15) is 5.10 Å². The van der Waals surface area contributed by atoms with Gasteiger partial charge in [-0.25, -0.2) is 4.98 Å². The number of rotatable bonds is 4. The molecule has 0 amide bonds. The van der Waals surface area contributed by atoms with E-state index in [0.717, 1.165) is 16.9 Å². The molecule has 0 aliphatic carbocycles. The van der Waals surface area contributed by atoms with E-state index < -0.39 is 0 Å². The summed E-state index contributed by atoms with van der Waals surface area (Å²) < 4.78 is 5.22. The van der Waals surface area contributed by atoms with Crippen LogP contribution in [-0.4, -0.2) is 22.3 Å². The van der Waals surface area contributed by atoms with E-state index in [2.05, 4.69) is 15.2 Å². The highest BCUT2D eigenvalue weighted by atomic mass is 16.5. The number of methoxy groups -OCH3 is 1. The Bertz CT molecular complexity index is 764. The Labute approximate surface area is 129 Å². The summed E-state index contributed by atoms with van der Waals surface area (Å²) in [6, 6.07) is 15.3. The van der Waals surface area contributed by atoms with E-state index in [4.69, 9.17) is 10.5 Å². The highest BCUT2D eigenvalue weighted by Gasteiger charge is 2.15. The molecule has 0 bridgehead atoms. The number of hydrogen-bond acceptors (Lipinski definition) is 4. The van der Waals surface area contributed by atoms with Crippen molar-refractivity contribution in [2.24, 2.45) is 5.73 Å². The Hall–Kier alpha value is -2.66. The molecule has 0 radical (unpaired) electrons. The number of nitrogens with two attached hydrogens (primary N) is 1. The molecular formula is C17H18N4O. The van der Waals surface area contributed by atoms with Crippen LogP contribution in [0.4, 0.5) is 0 Å². The van der Waals surface area contributed by atoms with Gasteiger partial charge in [0.15, 0.2) is 5.82 Å². The molecule has 22 heavy (non-hydrogen) atoms. The third kappa shape index (κ3) is 2.84. The SMILES string of the molecule is COc1cccc(C(N)c2nc(-c3ccc(C)cc3)n[nH]2)c1. The molecule has 1 aromatic heterocycles. The molecule has 0 spiro atoms. The quantitative estimate of drug-likeness (QED) is 0.775. The van der Waals surface area contributed by atoms with Crippen molar-refractivity contribution in [1.82, 2.24) is 15.2 Å². The molecule has 1 heterocycles. The van der Waals surface area contributed by atoms with Crippen molar-refractivity contribution in [3.8, 4) is 17.1 Å². The van der Waals surface area contributed by atoms with Gasteiger partial charge in [-0.15, -0.1) is 0 Å². The van der Waals surface area contributed by atoms with Crippen molar-refractivity contribution in [3.63, 3.8) is 0 Å². The number of ether oxygens (including phenoxy) is 1. The molecule has 5 heteroatoms. The second-order valence-corrected chi connectivity index (χ2v) is 5.16. The number of aromatic nitrogens is 3. The van der Waals surface area contributed by atoms with Crippen molar-refractivity contribution in [1.29, 1.82) is 0 Å². The summed E-state index contributed by atoms with van der Waals surface area (Å²) >= 11 is 0. The fourth-order valence-corrected chi connectivity index (χ4v) is 2.24. The lowest BCUT2D eigenvalue weighted by Gasteiger charge is -2.09. The van der Waals surface area contributed by atoms with Crippen molar-refractivity contribution in [3.05, 3.63) is 65.5 Å². The number of benzene rings is 2. The maximum atomic E-state index is 6.27. The average molecular weight is 294 g/mol. The number of nitrogens with zero attached hydrogens (tertiary/aromatic N) is 2. The van der Waals surface area contributed by atoms with Gasteiger partial charge in [-0.05, 0) is 24.6 Å². The molecule has 0 fully saturated rings. The third-order valence-electron chi connectivity index (χ3n) is 3.56. The Kier molecular flexibility index (Phi) is 3.89. The Balaban J connectivity index is 1.87. The van der Waals surface area contributed by atoms with Gasteiger partial charge in [0, 0.05) is 5.56 Å². The minimum Gasteiger partial charge on any atom is -0.497 e. The standard InChI is InChI=1S/C17H18N4O/c1-11-6-8-12(9-7-11)16-19-17(21-20-16)15(18)13-4-3-5-14(10-13)22-2/h3-10,15H,18H2,1-2H3,(H,19,20,21). The van der Waals surface area contributed by atoms with E-state index in [0.29, 0.717) is 11.6 Å². The van der Waals surface area contributed by atoms with Crippen LogP contribution < -0.4 is 10.5 Å². The maximum Gasteiger partial charge on any atom is 0.181 e. The zero-order chi connectivity index (χ0) is 15.5. The summed E-state index contributed by atoms with van der Waals surface area (Å²) in [5.74, 6) is 2.04. The summed E-state index contributed by atoms with van der Waals surface area (Å²) in [6.45, 7) is 2.05. The highest BCUT2D eigenvalue weighted by Crippen LogP contribution is 2.23. The Morgan fingerprint density at radius 1 is 1.14 bits per heavy atom. The first-order valence-corrected chi connectivity index (χ1v) is 7.06. The second-order valence-electron chi connectivity index (χ2n) is 5.16. The summed E-state index contributed by atoms with van der Waals surface area (Å²) in [6.07, 6.45) is 0. The summed E-state index contributed by atoms with van der Waals surface area (Å²) in [4.78, 5) is 4.51. The van der Waals surface area contributed by atoms with Crippen molar-refractivity contribution in [2.75, 3.05) is 7.11 Å². The highest BCUT2D eigenvalue weighted by molar-refractivity contribution is 5.55. The Morgan fingerprint density at radius 2 is 1.91 bits per heavy atom. The van der Waals surface area contributed by atoms with Crippen LogP contribution in [0.15, 0.2) is 48.5 Å². The lowest BCUT2D eigenvalue weighted by molar-refractivity contribution is 0.414. The Morgan fingerprint density at radius 3 is 2.64 bits per heavy atom. The zero-order valence-electron chi connectivity index (χ0n) is 12.6. The molecule has 112 valence electrons. The zero-order valence-corrected chi connectivity index (χ0v) is 12.6. The smallest absolute Gasteiger partial charge is 0.181 e. The number of H-pyrrole nitrogens is 1. The fraction of sp³-hybridized carbons (Fsp3) is 0.176. The van der Waals surface area contributed by atoms with E-state index in [9.17, 15) is 0 Å². The average Bonchev–Trinajstić information content (AvgIpc) is 3.05. The topological polar surface area (TPSA) is 76.8 Å². The predicted molar refractivity (Wildman–Crippen MR) is 85.6 cm³/mol. The maximum absolute atomic E-state index is 6.27. The van der Waals surface area contributed by atoms with Crippen molar-refractivity contribution >= 4 is 0 Å². The third-order valence-corrected chi connectivity index (χ3v) is 3.56. The molecule has 3 N–H and O–H groups in total. The minimum absolute atomic E-state index is 0.373. The first kappa shape index (κ1) is 14.3. The monoisotopic (exact) mass is 294 g/mol. The molecule has 5 nitrogen and oxygen atoms in total. The van der Waals surface area contributed by atoms with Gasteiger partial charge in [0.2, 0.25) is 0 Å². The molecule has 0 aliphatic heterocycles. The molecule has 0 saturated heterocycles. The van der Waals surface area contributed by atoms with Gasteiger partial charge in [0.1, 0.15) is 11.6 Å². The van der Waals surface area contributed by atoms with E-state index in [1.54, 1.807) is 7.11 Å². The van der Waals surface area contributed by atoms with Crippen LogP contribution in [0.1, 0.15) is 23.0 Å². The summed E-state index contributed by atoms with van der Waals surface area (Å²) in [5, 5.41) is 7.19. The van der Waals surface area contributed by atoms with Crippen LogP contribution in [0.3, 0.4) is 0 Å². The van der Waals surface area contributed by atoms with Crippen LogP contribution in [0, 0.1) is 6.92 Å². The predicted octanol–water partition coefficient (Wildman–Crippen LogP) is 2.84. The van der Waals surface area contributed by atoms with E-state index in [-0.39, 0.29) is 6.04 Å². The fourth-order valence-electron chi connectivity index (χ4n) is 2.24. The summed E-state index contributed by atoms with van der Waals surface area (Å²) in [7, 11) is 1.63. The first-order chi connectivity index (χ1) is 10.7. The largest absolute Gasteiger partial charge is 0.497 e. The van der Waals surface area contributed by atoms with Crippen LogP contribution in [0.2, 0.25) is 0 Å². The number of hydrogen-bond donors (Lipinski definition) is 2. The van der Waals surface area contributed by atoms with Gasteiger partial charge >= 0.3 is 0 Å². The van der Waals surface area contributed by atoms with E-state index in [1.807, 2.05) is 55.5 Å². The molecule has 1 unspecified atom stereocenters. The van der Waals surface area contributed by atoms with Gasteiger partial charge in [0.25, 0.3) is 0 Å². The molecule has 3 rings (SSSR count). The molecule has 2 aromatic carbocycles. The van der Waals surface area contributed by atoms with Crippen LogP contribution in [0.5, 0.6) is 5.75 Å². The molecule has 3 aromatic rings. The van der Waals surface area contributed by atoms with Gasteiger partial charge in [0.05, 0.1) is 13.2 Å². The van der Waals surface area contributed by atoms with E-state index >= 15 is 0 Å². The normalized spacial score (nSPS) is 12.1. The summed E-state index contributed by atoms with van der Waals surface area (Å²) in [5.41, 5.74) is 9.35. The number of aromatic amines is 1. The van der Waals surface area contributed by atoms with Gasteiger partial charge < -0.3 is 10.5 Å². The first-order valence-electron chi connectivity index (χ1n) is 7.06. The van der Waals surface area contributed by atoms with Gasteiger partial charge in [-0.1, -0.05) is 42.0 Å². The van der Waals surface area contributed by atoms with E-state index in [1.165, 1.54) is 5.56 Å². The lowest BCUT2D eigenvalue weighted by atomic mass is 10.1. The van der Waals surface area contributed by atoms with Crippen LogP contribution in [-0.2, 0) is 0 Å². The molecule has 0 saturated carbocycles. The minimum atomic E-state index is -0.373. The second kappa shape index (κ2) is 5.99. The van der Waals surface area contributed by atoms with Gasteiger partial charge in [-0.3, -0.25) is 5.10 Å². The molecular weight excluding hydrogens is 276 g/mol. The van der Waals surface area contributed by atoms with Crippen molar-refractivity contribution in [2.45, 2.75) is 13.0 Å².